The van der Waals surface area contributed by atoms with E-state index in [0.29, 0.717) is 0 Å². The molecule has 1 saturated carbocycles. The lowest BCUT2D eigenvalue weighted by Gasteiger charge is -2.44. The number of esters is 1. The van der Waals surface area contributed by atoms with Gasteiger partial charge in [-0.1, -0.05) is 20.8 Å². The van der Waals surface area contributed by atoms with Gasteiger partial charge in [0.25, 0.3) is 0 Å². The van der Waals surface area contributed by atoms with Gasteiger partial charge in [0.2, 0.25) is 5.91 Å². The molecule has 1 aliphatic carbocycles. The number of β-lactam (4-membered cyclic amide) rings is 1. The number of ether oxygens (including phenoxy) is 1. The minimum absolute atomic E-state index is 0.0415. The summed E-state index contributed by atoms with van der Waals surface area (Å²) in [5.41, 5.74) is 0. The lowest BCUT2D eigenvalue weighted by atomic mass is 9.93. The molecule has 0 aromatic rings. The molecule has 0 aromatic carbocycles. The molecule has 0 spiro atoms. The maximum absolute atomic E-state index is 11.8. The molecule has 1 heterocycles. The van der Waals surface area contributed by atoms with Crippen molar-refractivity contribution in [3.05, 3.63) is 0 Å². The lowest BCUT2D eigenvalue weighted by molar-refractivity contribution is -0.175. The molecule has 0 radical (unpaired) electrons. The van der Waals surface area contributed by atoms with Crippen LogP contribution in [-0.4, -0.2) is 32.5 Å². The summed E-state index contributed by atoms with van der Waals surface area (Å²) < 4.78 is 11.6. The molecular weight excluding hydrogens is 286 g/mol. The maximum atomic E-state index is 11.8. The number of amides is 1. The first-order valence-electron chi connectivity index (χ1n) is 7.71. The van der Waals surface area contributed by atoms with Crippen molar-refractivity contribution in [1.82, 2.24) is 5.32 Å². The van der Waals surface area contributed by atoms with E-state index in [2.05, 4.69) is 39.2 Å². The standard InChI is InChI=1S/C15H27NO4Si/c1-9(20-21(5,6)15(2,3)4)11-12(17)16-13(11)19-14(18)10-7-8-10/h9-11,13H,7-8H2,1-6H3,(H,16,17)/t9-,11+,13-/m1/s1. The highest BCUT2D eigenvalue weighted by Gasteiger charge is 2.50. The average molecular weight is 313 g/mol. The fraction of sp³-hybridized carbons (Fsp3) is 0.867. The molecule has 2 aliphatic rings. The molecule has 3 atom stereocenters. The van der Waals surface area contributed by atoms with Crippen LogP contribution < -0.4 is 5.32 Å². The van der Waals surface area contributed by atoms with Crippen molar-refractivity contribution in [3.63, 3.8) is 0 Å². The average Bonchev–Trinajstić information content (AvgIpc) is 3.08. The van der Waals surface area contributed by atoms with Gasteiger partial charge in [-0.2, -0.15) is 0 Å². The Kier molecular flexibility index (Phi) is 4.23. The highest BCUT2D eigenvalue weighted by Crippen LogP contribution is 2.39. The molecule has 1 N–H and O–H groups in total. The highest BCUT2D eigenvalue weighted by molar-refractivity contribution is 6.74. The van der Waals surface area contributed by atoms with Crippen LogP contribution in [0.3, 0.4) is 0 Å². The maximum Gasteiger partial charge on any atom is 0.310 e. The molecule has 120 valence electrons. The summed E-state index contributed by atoms with van der Waals surface area (Å²) in [6.07, 6.45) is 1.04. The first kappa shape index (κ1) is 16.5. The zero-order valence-corrected chi connectivity index (χ0v) is 14.9. The zero-order valence-electron chi connectivity index (χ0n) is 13.9. The van der Waals surface area contributed by atoms with Crippen LogP contribution in [0.25, 0.3) is 0 Å². The molecule has 2 rings (SSSR count). The van der Waals surface area contributed by atoms with Gasteiger partial charge in [0.05, 0.1) is 12.0 Å². The van der Waals surface area contributed by atoms with Gasteiger partial charge in [-0.3, -0.25) is 9.59 Å². The Labute approximate surface area is 127 Å². The largest absolute Gasteiger partial charge is 0.440 e. The second kappa shape index (κ2) is 5.39. The van der Waals surface area contributed by atoms with E-state index in [9.17, 15) is 9.59 Å². The van der Waals surface area contributed by atoms with Crippen LogP contribution in [-0.2, 0) is 18.8 Å². The van der Waals surface area contributed by atoms with Gasteiger partial charge in [-0.15, -0.1) is 0 Å². The second-order valence-electron chi connectivity index (χ2n) is 7.75. The van der Waals surface area contributed by atoms with Crippen molar-refractivity contribution in [2.24, 2.45) is 11.8 Å². The topological polar surface area (TPSA) is 64.6 Å². The van der Waals surface area contributed by atoms with Crippen LogP contribution in [0.5, 0.6) is 0 Å². The molecule has 0 bridgehead atoms. The number of rotatable bonds is 5. The Morgan fingerprint density at radius 3 is 2.33 bits per heavy atom. The van der Waals surface area contributed by atoms with Crippen molar-refractivity contribution < 1.29 is 18.8 Å². The predicted molar refractivity (Wildman–Crippen MR) is 82.0 cm³/mol. The fourth-order valence-corrected chi connectivity index (χ4v) is 3.61. The smallest absolute Gasteiger partial charge is 0.310 e. The van der Waals surface area contributed by atoms with Gasteiger partial charge in [-0.25, -0.2) is 0 Å². The van der Waals surface area contributed by atoms with E-state index in [0.717, 1.165) is 12.8 Å². The van der Waals surface area contributed by atoms with Crippen molar-refractivity contribution in [1.29, 1.82) is 0 Å². The van der Waals surface area contributed by atoms with E-state index >= 15 is 0 Å². The minimum atomic E-state index is -1.94. The van der Waals surface area contributed by atoms with Crippen LogP contribution in [0.4, 0.5) is 0 Å². The van der Waals surface area contributed by atoms with Crippen LogP contribution in [0.2, 0.25) is 18.1 Å². The number of carbonyl (C=O) groups excluding carboxylic acids is 2. The molecule has 1 amide bonds. The molecule has 5 nitrogen and oxygen atoms in total. The number of hydrogen-bond acceptors (Lipinski definition) is 4. The quantitative estimate of drug-likeness (QED) is 0.481. The Morgan fingerprint density at radius 2 is 1.90 bits per heavy atom. The van der Waals surface area contributed by atoms with E-state index in [4.69, 9.17) is 9.16 Å². The molecule has 2 fully saturated rings. The molecular formula is C15H27NO4Si. The first-order valence-corrected chi connectivity index (χ1v) is 10.6. The molecule has 0 unspecified atom stereocenters. The Morgan fingerprint density at radius 1 is 1.33 bits per heavy atom. The number of nitrogens with one attached hydrogen (secondary N) is 1. The van der Waals surface area contributed by atoms with Crippen molar-refractivity contribution >= 4 is 20.2 Å². The molecule has 1 aliphatic heterocycles. The van der Waals surface area contributed by atoms with Crippen LogP contribution in [0, 0.1) is 11.8 Å². The number of carbonyl (C=O) groups is 2. The summed E-state index contributed by atoms with van der Waals surface area (Å²) >= 11 is 0. The fourth-order valence-electron chi connectivity index (χ4n) is 2.18. The summed E-state index contributed by atoms with van der Waals surface area (Å²) in [6, 6.07) is 0. The summed E-state index contributed by atoms with van der Waals surface area (Å²) in [6.45, 7) is 12.7. The normalized spacial score (nSPS) is 27.6. The van der Waals surface area contributed by atoms with Crippen molar-refractivity contribution in [3.8, 4) is 0 Å². The Balaban J connectivity index is 1.95. The van der Waals surface area contributed by atoms with Gasteiger partial charge in [-0.05, 0) is 37.9 Å². The summed E-state index contributed by atoms with van der Waals surface area (Å²) in [7, 11) is -1.94. The molecule has 6 heteroatoms. The molecule has 21 heavy (non-hydrogen) atoms. The summed E-state index contributed by atoms with van der Waals surface area (Å²) in [4.78, 5) is 23.5. The monoisotopic (exact) mass is 313 g/mol. The summed E-state index contributed by atoms with van der Waals surface area (Å²) in [5, 5.41) is 2.75. The zero-order chi connectivity index (χ0) is 16.0. The van der Waals surface area contributed by atoms with Crippen LogP contribution in [0.15, 0.2) is 0 Å². The Bertz CT molecular complexity index is 439. The third kappa shape index (κ3) is 3.48. The van der Waals surface area contributed by atoms with E-state index in [1.165, 1.54) is 0 Å². The SMILES string of the molecule is C[C@@H](O[Si](C)(C)C(C)(C)C)[C@H]1C(=O)N[C@@H]1OC(=O)C1CC1. The summed E-state index contributed by atoms with van der Waals surface area (Å²) in [5.74, 6) is -0.624. The third-order valence-corrected chi connectivity index (χ3v) is 9.43. The van der Waals surface area contributed by atoms with Gasteiger partial charge in [0, 0.05) is 0 Å². The lowest BCUT2D eigenvalue weighted by Crippen LogP contribution is -2.65. The van der Waals surface area contributed by atoms with E-state index in [1.807, 2.05) is 6.92 Å². The van der Waals surface area contributed by atoms with Crippen molar-refractivity contribution in [2.75, 3.05) is 0 Å². The second-order valence-corrected chi connectivity index (χ2v) is 12.5. The van der Waals surface area contributed by atoms with Gasteiger partial charge >= 0.3 is 5.97 Å². The van der Waals surface area contributed by atoms with Crippen LogP contribution in [0.1, 0.15) is 40.5 Å². The molecule has 1 saturated heterocycles. The van der Waals surface area contributed by atoms with Crippen LogP contribution >= 0.6 is 0 Å². The molecule has 0 aromatic heterocycles. The minimum Gasteiger partial charge on any atom is -0.440 e. The van der Waals surface area contributed by atoms with Gasteiger partial charge in [0.1, 0.15) is 5.92 Å². The predicted octanol–water partition coefficient (Wildman–Crippen LogP) is 2.42. The van der Waals surface area contributed by atoms with E-state index in [1.54, 1.807) is 0 Å². The van der Waals surface area contributed by atoms with Gasteiger partial charge in [0.15, 0.2) is 14.5 Å². The van der Waals surface area contributed by atoms with E-state index < -0.39 is 14.5 Å². The Hall–Kier alpha value is -0.883. The van der Waals surface area contributed by atoms with Crippen molar-refractivity contribution in [2.45, 2.75) is 71.0 Å². The first-order chi connectivity index (χ1) is 9.53. The third-order valence-electron chi connectivity index (χ3n) is 4.86. The van der Waals surface area contributed by atoms with Gasteiger partial charge < -0.3 is 14.5 Å². The van der Waals surface area contributed by atoms with E-state index in [-0.39, 0.29) is 34.9 Å². The number of hydrogen-bond donors (Lipinski definition) is 1. The highest BCUT2D eigenvalue weighted by atomic mass is 28.4.